The molecule has 2 nitrogen and oxygen atoms in total. The molecule has 3 rings (SSSR count). The smallest absolute Gasteiger partial charge is 0.170 e. The zero-order valence-electron chi connectivity index (χ0n) is 9.96. The van der Waals surface area contributed by atoms with Gasteiger partial charge in [-0.1, -0.05) is 12.1 Å². The lowest BCUT2D eigenvalue weighted by molar-refractivity contribution is 0.166. The summed E-state index contributed by atoms with van der Waals surface area (Å²) in [5.74, 6) is -0.215. The van der Waals surface area contributed by atoms with E-state index in [0.717, 1.165) is 25.9 Å². The molecule has 2 aromatic rings. The van der Waals surface area contributed by atoms with Crippen LogP contribution in [0.25, 0.3) is 11.0 Å². The summed E-state index contributed by atoms with van der Waals surface area (Å²) in [5.41, 5.74) is 0.157. The van der Waals surface area contributed by atoms with Crippen LogP contribution in [-0.2, 0) is 0 Å². The van der Waals surface area contributed by atoms with Gasteiger partial charge in [-0.15, -0.1) is 0 Å². The summed E-state index contributed by atoms with van der Waals surface area (Å²) in [7, 11) is 0. The predicted octanol–water partition coefficient (Wildman–Crippen LogP) is 3.58. The second-order valence-electron chi connectivity index (χ2n) is 4.80. The molecule has 1 atom stereocenters. The number of halogens is 2. The van der Waals surface area contributed by atoms with E-state index < -0.39 is 12.0 Å². The number of hydrogen-bond donors (Lipinski definition) is 1. The Morgan fingerprint density at radius 3 is 2.78 bits per heavy atom. The van der Waals surface area contributed by atoms with Gasteiger partial charge in [-0.3, -0.25) is 0 Å². The van der Waals surface area contributed by atoms with E-state index in [9.17, 15) is 8.78 Å². The number of para-hydroxylation sites is 1. The summed E-state index contributed by atoms with van der Waals surface area (Å²) < 4.78 is 33.2. The van der Waals surface area contributed by atoms with Crippen LogP contribution in [0.1, 0.15) is 24.8 Å². The van der Waals surface area contributed by atoms with E-state index in [4.69, 9.17) is 4.42 Å². The fourth-order valence-electron chi connectivity index (χ4n) is 2.55. The molecule has 4 heteroatoms. The summed E-state index contributed by atoms with van der Waals surface area (Å²) in [4.78, 5) is 0. The molecule has 1 unspecified atom stereocenters. The van der Waals surface area contributed by atoms with Gasteiger partial charge in [0.25, 0.3) is 0 Å². The van der Waals surface area contributed by atoms with E-state index in [1.54, 1.807) is 18.2 Å². The van der Waals surface area contributed by atoms with Crippen LogP contribution in [-0.4, -0.2) is 13.1 Å². The number of benzene rings is 1. The Hall–Kier alpha value is -1.42. The van der Waals surface area contributed by atoms with Crippen molar-refractivity contribution >= 4 is 11.0 Å². The van der Waals surface area contributed by atoms with Crippen molar-refractivity contribution in [2.45, 2.75) is 19.0 Å². The Bertz CT molecular complexity index is 546. The van der Waals surface area contributed by atoms with Crippen LogP contribution in [0.5, 0.6) is 0 Å². The normalized spacial score (nSPS) is 19.2. The first-order chi connectivity index (χ1) is 8.75. The van der Waals surface area contributed by atoms with E-state index in [2.05, 4.69) is 5.32 Å². The lowest BCUT2D eigenvalue weighted by Gasteiger charge is -2.24. The Balaban J connectivity index is 1.91. The maximum atomic E-state index is 14.3. The number of furan rings is 1. The quantitative estimate of drug-likeness (QED) is 0.882. The van der Waals surface area contributed by atoms with E-state index >= 15 is 0 Å². The standard InChI is InChI=1S/C14H15F2NO/c15-11-3-1-2-10-8-12(18-14(10)11)13(16)9-4-6-17-7-5-9/h1-3,8-9,13,17H,4-7H2. The monoisotopic (exact) mass is 251 g/mol. The molecule has 1 aromatic heterocycles. The number of fused-ring (bicyclic) bond motifs is 1. The SMILES string of the molecule is Fc1cccc2cc(C(F)C3CCNCC3)oc12. The third-order valence-corrected chi connectivity index (χ3v) is 3.58. The highest BCUT2D eigenvalue weighted by atomic mass is 19.1. The summed E-state index contributed by atoms with van der Waals surface area (Å²) in [5, 5.41) is 3.83. The Morgan fingerprint density at radius 1 is 1.28 bits per heavy atom. The topological polar surface area (TPSA) is 25.2 Å². The van der Waals surface area contributed by atoms with Crippen LogP contribution >= 0.6 is 0 Å². The number of rotatable bonds is 2. The Labute approximate surface area is 104 Å². The second kappa shape index (κ2) is 4.69. The highest BCUT2D eigenvalue weighted by molar-refractivity contribution is 5.78. The molecule has 1 saturated heterocycles. The average molecular weight is 251 g/mol. The first-order valence-electron chi connectivity index (χ1n) is 6.28. The minimum Gasteiger partial charge on any atom is -0.455 e. The molecule has 0 bridgehead atoms. The van der Waals surface area contributed by atoms with Gasteiger partial charge in [0.15, 0.2) is 17.6 Å². The van der Waals surface area contributed by atoms with Crippen LogP contribution in [0.3, 0.4) is 0 Å². The van der Waals surface area contributed by atoms with Crippen molar-refractivity contribution in [3.8, 4) is 0 Å². The van der Waals surface area contributed by atoms with Crippen LogP contribution < -0.4 is 5.32 Å². The molecule has 0 amide bonds. The average Bonchev–Trinajstić information content (AvgIpc) is 2.84. The van der Waals surface area contributed by atoms with E-state index in [-0.39, 0.29) is 17.3 Å². The van der Waals surface area contributed by atoms with Crippen molar-refractivity contribution in [1.82, 2.24) is 5.32 Å². The maximum absolute atomic E-state index is 14.3. The van der Waals surface area contributed by atoms with Gasteiger partial charge < -0.3 is 9.73 Å². The fraction of sp³-hybridized carbons (Fsp3) is 0.429. The first-order valence-corrected chi connectivity index (χ1v) is 6.28. The van der Waals surface area contributed by atoms with Crippen molar-refractivity contribution < 1.29 is 13.2 Å². The molecular weight excluding hydrogens is 236 g/mol. The van der Waals surface area contributed by atoms with Crippen molar-refractivity contribution in [2.75, 3.05) is 13.1 Å². The predicted molar refractivity (Wildman–Crippen MR) is 65.6 cm³/mol. The van der Waals surface area contributed by atoms with E-state index in [1.165, 1.54) is 6.07 Å². The van der Waals surface area contributed by atoms with Crippen LogP contribution in [0.2, 0.25) is 0 Å². The minimum absolute atomic E-state index is 0.0325. The highest BCUT2D eigenvalue weighted by Gasteiger charge is 2.27. The van der Waals surface area contributed by atoms with Gasteiger partial charge in [0.05, 0.1) is 0 Å². The molecule has 0 aliphatic carbocycles. The summed E-state index contributed by atoms with van der Waals surface area (Å²) in [6, 6.07) is 6.29. The molecule has 1 aliphatic heterocycles. The molecule has 0 spiro atoms. The van der Waals surface area contributed by atoms with E-state index in [0.29, 0.717) is 5.39 Å². The van der Waals surface area contributed by atoms with Crippen molar-refractivity contribution in [1.29, 1.82) is 0 Å². The summed E-state index contributed by atoms with van der Waals surface area (Å²) in [6.07, 6.45) is 0.445. The van der Waals surface area contributed by atoms with Crippen LogP contribution in [0.15, 0.2) is 28.7 Å². The van der Waals surface area contributed by atoms with Crippen LogP contribution in [0, 0.1) is 11.7 Å². The highest BCUT2D eigenvalue weighted by Crippen LogP contribution is 2.35. The summed E-state index contributed by atoms with van der Waals surface area (Å²) in [6.45, 7) is 1.67. The Kier molecular flexibility index (Phi) is 3.04. The lowest BCUT2D eigenvalue weighted by atomic mass is 9.92. The number of hydrogen-bond acceptors (Lipinski definition) is 2. The minimum atomic E-state index is -1.14. The van der Waals surface area contributed by atoms with Crippen molar-refractivity contribution in [3.63, 3.8) is 0 Å². The molecule has 1 fully saturated rings. The molecule has 2 heterocycles. The van der Waals surface area contributed by atoms with Gasteiger partial charge in [-0.25, -0.2) is 8.78 Å². The third kappa shape index (κ3) is 2.01. The molecule has 0 saturated carbocycles. The van der Waals surface area contributed by atoms with Gasteiger partial charge >= 0.3 is 0 Å². The van der Waals surface area contributed by atoms with Crippen LogP contribution in [0.4, 0.5) is 8.78 Å². The fourth-order valence-corrected chi connectivity index (χ4v) is 2.55. The maximum Gasteiger partial charge on any atom is 0.170 e. The van der Waals surface area contributed by atoms with Gasteiger partial charge in [-0.05, 0) is 44.0 Å². The van der Waals surface area contributed by atoms with Gasteiger partial charge in [0.1, 0.15) is 5.76 Å². The molecule has 1 N–H and O–H groups in total. The zero-order valence-corrected chi connectivity index (χ0v) is 9.96. The third-order valence-electron chi connectivity index (χ3n) is 3.58. The largest absolute Gasteiger partial charge is 0.455 e. The number of nitrogens with one attached hydrogen (secondary N) is 1. The lowest BCUT2D eigenvalue weighted by Crippen LogP contribution is -2.29. The second-order valence-corrected chi connectivity index (χ2v) is 4.80. The van der Waals surface area contributed by atoms with Crippen molar-refractivity contribution in [2.24, 2.45) is 5.92 Å². The Morgan fingerprint density at radius 2 is 2.06 bits per heavy atom. The zero-order chi connectivity index (χ0) is 12.5. The van der Waals surface area contributed by atoms with Gasteiger partial charge in [-0.2, -0.15) is 0 Å². The van der Waals surface area contributed by atoms with Gasteiger partial charge in [0, 0.05) is 5.39 Å². The number of alkyl halides is 1. The van der Waals surface area contributed by atoms with E-state index in [1.807, 2.05) is 0 Å². The molecule has 0 radical (unpaired) electrons. The molecule has 96 valence electrons. The summed E-state index contributed by atoms with van der Waals surface area (Å²) >= 11 is 0. The molecule has 1 aromatic carbocycles. The first kappa shape index (κ1) is 11.7. The molecule has 18 heavy (non-hydrogen) atoms. The molecule has 1 aliphatic rings. The molecular formula is C14H15F2NO. The van der Waals surface area contributed by atoms with Gasteiger partial charge in [0.2, 0.25) is 0 Å². The number of piperidine rings is 1. The van der Waals surface area contributed by atoms with Crippen molar-refractivity contribution in [3.05, 3.63) is 35.8 Å².